The number of aryl methyl sites for hydroxylation is 1. The molecule has 0 spiro atoms. The van der Waals surface area contributed by atoms with E-state index in [-0.39, 0.29) is 5.92 Å². The third kappa shape index (κ3) is 2.84. The van der Waals surface area contributed by atoms with Gasteiger partial charge < -0.3 is 5.11 Å². The van der Waals surface area contributed by atoms with Crippen LogP contribution < -0.4 is 0 Å². The Morgan fingerprint density at radius 2 is 2.05 bits per heavy atom. The minimum atomic E-state index is -0.917. The minimum Gasteiger partial charge on any atom is -0.478 e. The number of aromatic nitrogens is 2. The van der Waals surface area contributed by atoms with E-state index >= 15 is 0 Å². The highest BCUT2D eigenvalue weighted by Gasteiger charge is 2.18. The maximum Gasteiger partial charge on any atom is 0.339 e. The van der Waals surface area contributed by atoms with Gasteiger partial charge in [0.05, 0.1) is 12.2 Å². The molecule has 0 saturated heterocycles. The van der Waals surface area contributed by atoms with Crippen molar-refractivity contribution in [3.05, 3.63) is 52.8 Å². The van der Waals surface area contributed by atoms with Crippen LogP contribution in [0.3, 0.4) is 0 Å². The summed E-state index contributed by atoms with van der Waals surface area (Å²) in [6.07, 6.45) is 1.62. The van der Waals surface area contributed by atoms with Crippen LogP contribution >= 0.6 is 0 Å². The first-order chi connectivity index (χ1) is 8.99. The van der Waals surface area contributed by atoms with Gasteiger partial charge in [0.1, 0.15) is 5.56 Å². The summed E-state index contributed by atoms with van der Waals surface area (Å²) in [5.74, 6) is -0.816. The summed E-state index contributed by atoms with van der Waals surface area (Å²) >= 11 is 0. The molecule has 0 bridgehead atoms. The second kappa shape index (κ2) is 5.26. The molecule has 0 fully saturated rings. The molecule has 0 amide bonds. The van der Waals surface area contributed by atoms with Crippen molar-refractivity contribution >= 4 is 5.97 Å². The van der Waals surface area contributed by atoms with E-state index in [1.807, 2.05) is 45.0 Å². The lowest BCUT2D eigenvalue weighted by molar-refractivity contribution is 0.0695. The van der Waals surface area contributed by atoms with Crippen LogP contribution in [0.15, 0.2) is 30.5 Å². The lowest BCUT2D eigenvalue weighted by Gasteiger charge is -2.05. The summed E-state index contributed by atoms with van der Waals surface area (Å²) in [4.78, 5) is 11.2. The quantitative estimate of drug-likeness (QED) is 0.917. The van der Waals surface area contributed by atoms with Gasteiger partial charge >= 0.3 is 5.97 Å². The highest BCUT2D eigenvalue weighted by Crippen LogP contribution is 2.18. The first kappa shape index (κ1) is 13.3. The Morgan fingerprint density at radius 1 is 1.37 bits per heavy atom. The third-order valence-corrected chi connectivity index (χ3v) is 3.16. The molecule has 0 unspecified atom stereocenters. The number of carboxylic acid groups (broad SMARTS) is 1. The van der Waals surface area contributed by atoms with E-state index in [0.717, 1.165) is 5.56 Å². The van der Waals surface area contributed by atoms with Gasteiger partial charge in [0.15, 0.2) is 0 Å². The van der Waals surface area contributed by atoms with Crippen LogP contribution in [0.2, 0.25) is 0 Å². The van der Waals surface area contributed by atoms with Crippen molar-refractivity contribution in [3.8, 4) is 0 Å². The lowest BCUT2D eigenvalue weighted by atomic mass is 10.1. The molecule has 1 N–H and O–H groups in total. The van der Waals surface area contributed by atoms with Gasteiger partial charge in [-0.15, -0.1) is 0 Å². The number of aromatic carboxylic acids is 1. The molecule has 2 rings (SSSR count). The molecular weight excluding hydrogens is 240 g/mol. The Kier molecular flexibility index (Phi) is 3.69. The van der Waals surface area contributed by atoms with E-state index in [2.05, 4.69) is 5.10 Å². The number of nitrogens with zero attached hydrogens (tertiary/aromatic N) is 2. The Balaban J connectivity index is 2.34. The van der Waals surface area contributed by atoms with Crippen LogP contribution in [-0.2, 0) is 6.54 Å². The van der Waals surface area contributed by atoms with Crippen molar-refractivity contribution < 1.29 is 9.90 Å². The van der Waals surface area contributed by atoms with E-state index in [1.54, 1.807) is 10.9 Å². The average Bonchev–Trinajstić information content (AvgIpc) is 2.76. The van der Waals surface area contributed by atoms with Crippen LogP contribution in [0.5, 0.6) is 0 Å². The topological polar surface area (TPSA) is 55.1 Å². The second-order valence-electron chi connectivity index (χ2n) is 5.01. The molecule has 0 atom stereocenters. The summed E-state index contributed by atoms with van der Waals surface area (Å²) in [5.41, 5.74) is 3.27. The summed E-state index contributed by atoms with van der Waals surface area (Å²) in [5, 5.41) is 13.6. The molecule has 0 aliphatic carbocycles. The van der Waals surface area contributed by atoms with Crippen molar-refractivity contribution in [2.45, 2.75) is 33.2 Å². The molecule has 1 heterocycles. The molecule has 0 radical (unpaired) electrons. The van der Waals surface area contributed by atoms with E-state index in [4.69, 9.17) is 0 Å². The first-order valence-corrected chi connectivity index (χ1v) is 6.34. The van der Waals surface area contributed by atoms with Gasteiger partial charge in [0.2, 0.25) is 0 Å². The van der Waals surface area contributed by atoms with Crippen LogP contribution in [0.25, 0.3) is 0 Å². The normalized spacial score (nSPS) is 10.9. The Morgan fingerprint density at radius 3 is 2.58 bits per heavy atom. The minimum absolute atomic E-state index is 0.101. The largest absolute Gasteiger partial charge is 0.478 e. The van der Waals surface area contributed by atoms with Gasteiger partial charge in [0.25, 0.3) is 0 Å². The van der Waals surface area contributed by atoms with E-state index < -0.39 is 5.97 Å². The highest BCUT2D eigenvalue weighted by molar-refractivity contribution is 5.88. The predicted octanol–water partition coefficient (Wildman–Crippen LogP) is 3.06. The van der Waals surface area contributed by atoms with Crippen LogP contribution in [0.1, 0.15) is 46.9 Å². The predicted molar refractivity (Wildman–Crippen MR) is 73.6 cm³/mol. The van der Waals surface area contributed by atoms with Crippen LogP contribution in [-0.4, -0.2) is 20.9 Å². The zero-order chi connectivity index (χ0) is 14.0. The van der Waals surface area contributed by atoms with Gasteiger partial charge in [-0.1, -0.05) is 38.1 Å². The smallest absolute Gasteiger partial charge is 0.339 e. The van der Waals surface area contributed by atoms with E-state index in [9.17, 15) is 9.90 Å². The van der Waals surface area contributed by atoms with Gasteiger partial charge in [-0.2, -0.15) is 5.10 Å². The first-order valence-electron chi connectivity index (χ1n) is 6.34. The molecule has 0 saturated carbocycles. The monoisotopic (exact) mass is 258 g/mol. The maximum atomic E-state index is 11.2. The molecule has 0 aliphatic rings. The van der Waals surface area contributed by atoms with Crippen molar-refractivity contribution in [1.82, 2.24) is 9.78 Å². The van der Waals surface area contributed by atoms with Gasteiger partial charge in [-0.25, -0.2) is 4.79 Å². The molecule has 1 aromatic carbocycles. The Hall–Kier alpha value is -2.10. The van der Waals surface area contributed by atoms with Gasteiger partial charge in [-0.05, 0) is 24.0 Å². The molecule has 0 aliphatic heterocycles. The molecule has 4 nitrogen and oxygen atoms in total. The number of hydrogen-bond donors (Lipinski definition) is 1. The molecular formula is C15H18N2O2. The Labute approximate surface area is 112 Å². The van der Waals surface area contributed by atoms with Crippen LogP contribution in [0, 0.1) is 6.92 Å². The summed E-state index contributed by atoms with van der Waals surface area (Å²) < 4.78 is 1.71. The fourth-order valence-electron chi connectivity index (χ4n) is 2.07. The summed E-state index contributed by atoms with van der Waals surface area (Å²) in [6, 6.07) is 8.05. The number of rotatable bonds is 4. The lowest BCUT2D eigenvalue weighted by Crippen LogP contribution is -2.03. The zero-order valence-electron chi connectivity index (χ0n) is 11.4. The molecule has 19 heavy (non-hydrogen) atoms. The van der Waals surface area contributed by atoms with Crippen molar-refractivity contribution in [2.75, 3.05) is 0 Å². The number of hydrogen-bond acceptors (Lipinski definition) is 2. The number of carboxylic acids is 1. The van der Waals surface area contributed by atoms with Crippen LogP contribution in [0.4, 0.5) is 0 Å². The number of carbonyl (C=O) groups is 1. The fourth-order valence-corrected chi connectivity index (χ4v) is 2.07. The molecule has 4 heteroatoms. The summed E-state index contributed by atoms with van der Waals surface area (Å²) in [7, 11) is 0. The number of benzene rings is 1. The van der Waals surface area contributed by atoms with E-state index in [1.165, 1.54) is 5.56 Å². The van der Waals surface area contributed by atoms with Gasteiger partial charge in [0, 0.05) is 6.20 Å². The fraction of sp³-hybridized carbons (Fsp3) is 0.333. The molecule has 100 valence electrons. The van der Waals surface area contributed by atoms with Crippen molar-refractivity contribution in [2.24, 2.45) is 0 Å². The zero-order valence-corrected chi connectivity index (χ0v) is 11.4. The van der Waals surface area contributed by atoms with Crippen molar-refractivity contribution in [1.29, 1.82) is 0 Å². The van der Waals surface area contributed by atoms with E-state index in [0.29, 0.717) is 17.8 Å². The van der Waals surface area contributed by atoms with Crippen molar-refractivity contribution in [3.63, 3.8) is 0 Å². The highest BCUT2D eigenvalue weighted by atomic mass is 16.4. The molecule has 2 aromatic rings. The van der Waals surface area contributed by atoms with Gasteiger partial charge in [-0.3, -0.25) is 4.68 Å². The standard InChI is InChI=1S/C15H18N2O2/c1-10(2)14-13(15(18)19)9-17(16-14)8-12-7-5-4-6-11(12)3/h4-7,9-10H,8H2,1-3H3,(H,18,19). The maximum absolute atomic E-state index is 11.2. The Bertz CT molecular complexity index is 600. The second-order valence-corrected chi connectivity index (χ2v) is 5.01. The third-order valence-electron chi connectivity index (χ3n) is 3.16. The summed E-state index contributed by atoms with van der Waals surface area (Å²) in [6.45, 7) is 6.54. The average molecular weight is 258 g/mol. The molecule has 1 aromatic heterocycles. The SMILES string of the molecule is Cc1ccccc1Cn1cc(C(=O)O)c(C(C)C)n1.